The Labute approximate surface area is 200 Å². The summed E-state index contributed by atoms with van der Waals surface area (Å²) in [7, 11) is 0. The summed E-state index contributed by atoms with van der Waals surface area (Å²) in [6.45, 7) is 9.57. The second kappa shape index (κ2) is 9.02. The molecule has 0 heterocycles. The highest BCUT2D eigenvalue weighted by Crippen LogP contribution is 2.46. The van der Waals surface area contributed by atoms with Crippen molar-refractivity contribution in [2.24, 2.45) is 0 Å². The van der Waals surface area contributed by atoms with Crippen molar-refractivity contribution in [2.45, 2.75) is 34.6 Å². The molecular formula is C29H29NO4. The van der Waals surface area contributed by atoms with Crippen LogP contribution in [-0.4, -0.2) is 15.3 Å². The van der Waals surface area contributed by atoms with Crippen LogP contribution >= 0.6 is 0 Å². The highest BCUT2D eigenvalue weighted by molar-refractivity contribution is 5.85. The Morgan fingerprint density at radius 1 is 0.588 bits per heavy atom. The van der Waals surface area contributed by atoms with E-state index in [1.54, 1.807) is 31.2 Å². The summed E-state index contributed by atoms with van der Waals surface area (Å²) in [5, 5.41) is 31.1. The zero-order valence-corrected chi connectivity index (χ0v) is 20.0. The summed E-state index contributed by atoms with van der Waals surface area (Å²) in [6.07, 6.45) is 0. The van der Waals surface area contributed by atoms with E-state index >= 15 is 0 Å². The number of benzene rings is 4. The molecule has 0 amide bonds. The first-order chi connectivity index (χ1) is 16.2. The third-order valence-corrected chi connectivity index (χ3v) is 6.21. The minimum Gasteiger partial charge on any atom is -0.508 e. The molecule has 0 fully saturated rings. The van der Waals surface area contributed by atoms with Gasteiger partial charge in [0.05, 0.1) is 11.4 Å². The third-order valence-electron chi connectivity index (χ3n) is 6.21. The Bertz CT molecular complexity index is 1320. The molecule has 4 rings (SSSR count). The highest BCUT2D eigenvalue weighted by atomic mass is 16.5. The fourth-order valence-electron chi connectivity index (χ4n) is 4.23. The molecule has 0 bridgehead atoms. The third kappa shape index (κ3) is 4.13. The summed E-state index contributed by atoms with van der Waals surface area (Å²) >= 11 is 0. The molecule has 0 spiro atoms. The standard InChI is InChI=1S/C29H29NO4/c1-17-12-14-25(32)20(4)28(17)30(29-18(2)13-15-26(33)21(29)5)22-8-6-9-23(16-22)34-27-11-7-10-24(31)19(27)3/h6-16,31-33H,1-5H3. The SMILES string of the molecule is Cc1ccc(O)c(C)c1N(c1cccc(Oc2cccc(O)c2C)c1)c1c(C)ccc(O)c1C. The Kier molecular flexibility index (Phi) is 6.12. The molecule has 0 unspecified atom stereocenters. The van der Waals surface area contributed by atoms with Crippen LogP contribution in [0.2, 0.25) is 0 Å². The first-order valence-corrected chi connectivity index (χ1v) is 11.1. The van der Waals surface area contributed by atoms with Crippen molar-refractivity contribution in [3.05, 3.63) is 94.5 Å². The molecule has 5 heteroatoms. The second-order valence-electron chi connectivity index (χ2n) is 8.59. The van der Waals surface area contributed by atoms with Gasteiger partial charge in [-0.3, -0.25) is 0 Å². The summed E-state index contributed by atoms with van der Waals surface area (Å²) in [6, 6.07) is 20.0. The van der Waals surface area contributed by atoms with Crippen LogP contribution in [0, 0.1) is 34.6 Å². The van der Waals surface area contributed by atoms with Gasteiger partial charge in [0.2, 0.25) is 0 Å². The minimum atomic E-state index is 0.173. The number of phenolic OH excluding ortho intramolecular Hbond substituents is 3. The summed E-state index contributed by atoms with van der Waals surface area (Å²) in [4.78, 5) is 2.05. The lowest BCUT2D eigenvalue weighted by molar-refractivity contribution is 0.448. The number of rotatable bonds is 5. The van der Waals surface area contributed by atoms with Gasteiger partial charge in [0.15, 0.2) is 0 Å². The normalized spacial score (nSPS) is 10.9. The molecule has 4 aromatic carbocycles. The van der Waals surface area contributed by atoms with Crippen LogP contribution in [-0.2, 0) is 0 Å². The maximum atomic E-state index is 10.5. The van der Waals surface area contributed by atoms with Gasteiger partial charge in [-0.1, -0.05) is 24.3 Å². The first-order valence-electron chi connectivity index (χ1n) is 11.1. The molecule has 174 valence electrons. The van der Waals surface area contributed by atoms with Gasteiger partial charge in [-0.05, 0) is 82.1 Å². The van der Waals surface area contributed by atoms with E-state index in [0.29, 0.717) is 17.1 Å². The molecule has 4 aromatic rings. The smallest absolute Gasteiger partial charge is 0.134 e. The lowest BCUT2D eigenvalue weighted by Crippen LogP contribution is -2.15. The van der Waals surface area contributed by atoms with E-state index in [1.165, 1.54) is 0 Å². The maximum absolute atomic E-state index is 10.5. The van der Waals surface area contributed by atoms with Gasteiger partial charge in [-0.15, -0.1) is 0 Å². The van der Waals surface area contributed by atoms with E-state index in [9.17, 15) is 15.3 Å². The second-order valence-corrected chi connectivity index (χ2v) is 8.59. The minimum absolute atomic E-state index is 0.173. The van der Waals surface area contributed by atoms with E-state index in [0.717, 1.165) is 39.3 Å². The Hall–Kier alpha value is -4.12. The molecule has 0 aliphatic rings. The Morgan fingerprint density at radius 2 is 1.12 bits per heavy atom. The van der Waals surface area contributed by atoms with Gasteiger partial charge in [0.1, 0.15) is 28.7 Å². The van der Waals surface area contributed by atoms with Crippen molar-refractivity contribution in [3.63, 3.8) is 0 Å². The van der Waals surface area contributed by atoms with Crippen molar-refractivity contribution in [1.29, 1.82) is 0 Å². The molecule has 0 atom stereocenters. The van der Waals surface area contributed by atoms with Crippen molar-refractivity contribution < 1.29 is 20.1 Å². The number of ether oxygens (including phenoxy) is 1. The highest BCUT2D eigenvalue weighted by Gasteiger charge is 2.23. The molecule has 3 N–H and O–H groups in total. The van der Waals surface area contributed by atoms with Crippen LogP contribution in [0.4, 0.5) is 17.1 Å². The van der Waals surface area contributed by atoms with E-state index in [4.69, 9.17) is 4.74 Å². The fourth-order valence-corrected chi connectivity index (χ4v) is 4.23. The van der Waals surface area contributed by atoms with Crippen LogP contribution in [0.1, 0.15) is 27.8 Å². The number of aromatic hydroxyl groups is 3. The molecule has 0 aromatic heterocycles. The molecule has 0 saturated carbocycles. The van der Waals surface area contributed by atoms with E-state index < -0.39 is 0 Å². The van der Waals surface area contributed by atoms with Gasteiger partial charge >= 0.3 is 0 Å². The van der Waals surface area contributed by atoms with E-state index in [1.807, 2.05) is 70.2 Å². The molecule has 0 aliphatic carbocycles. The average Bonchev–Trinajstić information content (AvgIpc) is 2.81. The summed E-state index contributed by atoms with van der Waals surface area (Å²) in [5.41, 5.74) is 6.56. The van der Waals surface area contributed by atoms with Gasteiger partial charge in [0.25, 0.3) is 0 Å². The monoisotopic (exact) mass is 455 g/mol. The van der Waals surface area contributed by atoms with Crippen molar-refractivity contribution in [1.82, 2.24) is 0 Å². The topological polar surface area (TPSA) is 73.2 Å². The quantitative estimate of drug-likeness (QED) is 0.289. The van der Waals surface area contributed by atoms with Gasteiger partial charge < -0.3 is 25.0 Å². The number of anilines is 3. The lowest BCUT2D eigenvalue weighted by Gasteiger charge is -2.32. The number of nitrogens with zero attached hydrogens (tertiary/aromatic N) is 1. The number of hydrogen-bond donors (Lipinski definition) is 3. The summed E-state index contributed by atoms with van der Waals surface area (Å²) < 4.78 is 6.14. The van der Waals surface area contributed by atoms with Gasteiger partial charge in [-0.25, -0.2) is 0 Å². The molecular weight excluding hydrogens is 426 g/mol. The van der Waals surface area contributed by atoms with E-state index in [2.05, 4.69) is 4.90 Å². The van der Waals surface area contributed by atoms with Crippen LogP contribution in [0.25, 0.3) is 0 Å². The predicted molar refractivity (Wildman–Crippen MR) is 136 cm³/mol. The van der Waals surface area contributed by atoms with Crippen LogP contribution in [0.5, 0.6) is 28.7 Å². The van der Waals surface area contributed by atoms with Crippen LogP contribution in [0.3, 0.4) is 0 Å². The fraction of sp³-hybridized carbons (Fsp3) is 0.172. The largest absolute Gasteiger partial charge is 0.508 e. The van der Waals surface area contributed by atoms with Crippen molar-refractivity contribution in [2.75, 3.05) is 4.90 Å². The molecule has 0 saturated heterocycles. The van der Waals surface area contributed by atoms with Crippen molar-refractivity contribution in [3.8, 4) is 28.7 Å². The van der Waals surface area contributed by atoms with Crippen molar-refractivity contribution >= 4 is 17.1 Å². The number of phenols is 3. The first kappa shape index (κ1) is 23.1. The van der Waals surface area contributed by atoms with Crippen LogP contribution in [0.15, 0.2) is 66.7 Å². The molecule has 34 heavy (non-hydrogen) atoms. The number of aryl methyl sites for hydroxylation is 2. The molecule has 5 nitrogen and oxygen atoms in total. The van der Waals surface area contributed by atoms with E-state index in [-0.39, 0.29) is 17.2 Å². The van der Waals surface area contributed by atoms with Gasteiger partial charge in [-0.2, -0.15) is 0 Å². The maximum Gasteiger partial charge on any atom is 0.134 e. The van der Waals surface area contributed by atoms with Crippen LogP contribution < -0.4 is 9.64 Å². The van der Waals surface area contributed by atoms with Gasteiger partial charge in [0, 0.05) is 28.4 Å². The number of hydrogen-bond acceptors (Lipinski definition) is 5. The molecule has 0 aliphatic heterocycles. The lowest BCUT2D eigenvalue weighted by atomic mass is 10.0. The zero-order valence-electron chi connectivity index (χ0n) is 20.0. The zero-order chi connectivity index (χ0) is 24.6. The Morgan fingerprint density at radius 3 is 1.71 bits per heavy atom. The average molecular weight is 456 g/mol. The predicted octanol–water partition coefficient (Wildman–Crippen LogP) is 7.61. The molecule has 0 radical (unpaired) electrons. The summed E-state index contributed by atoms with van der Waals surface area (Å²) in [5.74, 6) is 1.74. The Balaban J connectivity index is 1.93.